The minimum Gasteiger partial charge on any atom is -0.360 e. The van der Waals surface area contributed by atoms with Gasteiger partial charge in [-0.1, -0.05) is 13.8 Å². The molecule has 0 rings (SSSR count). The summed E-state index contributed by atoms with van der Waals surface area (Å²) >= 11 is 5.18. The zero-order valence-electron chi connectivity index (χ0n) is 9.56. The van der Waals surface area contributed by atoms with Crippen molar-refractivity contribution >= 4 is 17.3 Å². The fourth-order valence-electron chi connectivity index (χ4n) is 0.750. The fraction of sp³-hybridized carbons (Fsp3) is 0.900. The van der Waals surface area contributed by atoms with Crippen molar-refractivity contribution in [1.29, 1.82) is 0 Å². The van der Waals surface area contributed by atoms with Crippen molar-refractivity contribution < 1.29 is 0 Å². The molecule has 2 nitrogen and oxygen atoms in total. The highest BCUT2D eigenvalue weighted by Gasteiger charge is 2.13. The van der Waals surface area contributed by atoms with Crippen molar-refractivity contribution in [2.24, 2.45) is 5.92 Å². The average molecular weight is 202 g/mol. The van der Waals surface area contributed by atoms with Crippen molar-refractivity contribution in [3.8, 4) is 0 Å². The second kappa shape index (κ2) is 4.80. The summed E-state index contributed by atoms with van der Waals surface area (Å²) in [5, 5.41) is 7.23. The Morgan fingerprint density at radius 3 is 1.92 bits per heavy atom. The maximum absolute atomic E-state index is 5.18. The van der Waals surface area contributed by atoms with Crippen LogP contribution in [0.4, 0.5) is 0 Å². The first kappa shape index (κ1) is 12.7. The van der Waals surface area contributed by atoms with Crippen LogP contribution in [-0.4, -0.2) is 16.7 Å². The van der Waals surface area contributed by atoms with Gasteiger partial charge in [-0.15, -0.1) is 0 Å². The van der Waals surface area contributed by atoms with Crippen molar-refractivity contribution in [3.05, 3.63) is 0 Å². The van der Waals surface area contributed by atoms with E-state index in [1.165, 1.54) is 0 Å². The van der Waals surface area contributed by atoms with Crippen molar-refractivity contribution in [2.75, 3.05) is 0 Å². The Labute approximate surface area is 87.5 Å². The quantitative estimate of drug-likeness (QED) is 0.672. The summed E-state index contributed by atoms with van der Waals surface area (Å²) < 4.78 is 0. The molecule has 0 aromatic rings. The van der Waals surface area contributed by atoms with Gasteiger partial charge in [-0.2, -0.15) is 0 Å². The average Bonchev–Trinajstić information content (AvgIpc) is 1.81. The lowest BCUT2D eigenvalue weighted by molar-refractivity contribution is 0.461. The SMILES string of the molecule is CC(C)C(C)NC(=S)NC(C)(C)C. The van der Waals surface area contributed by atoms with Crippen LogP contribution in [0.5, 0.6) is 0 Å². The number of thiocarbonyl (C=S) groups is 1. The summed E-state index contributed by atoms with van der Waals surface area (Å²) in [5.74, 6) is 0.597. The van der Waals surface area contributed by atoms with Gasteiger partial charge in [-0.3, -0.25) is 0 Å². The van der Waals surface area contributed by atoms with E-state index in [1.54, 1.807) is 0 Å². The monoisotopic (exact) mass is 202 g/mol. The predicted octanol–water partition coefficient (Wildman–Crippen LogP) is 2.29. The van der Waals surface area contributed by atoms with Gasteiger partial charge in [0.25, 0.3) is 0 Å². The number of hydrogen-bond acceptors (Lipinski definition) is 1. The largest absolute Gasteiger partial charge is 0.360 e. The lowest BCUT2D eigenvalue weighted by Crippen LogP contribution is -2.49. The molecule has 2 N–H and O–H groups in total. The van der Waals surface area contributed by atoms with Gasteiger partial charge in [-0.25, -0.2) is 0 Å². The summed E-state index contributed by atoms with van der Waals surface area (Å²) in [4.78, 5) is 0. The third-order valence-electron chi connectivity index (χ3n) is 1.85. The van der Waals surface area contributed by atoms with Gasteiger partial charge in [0.15, 0.2) is 5.11 Å². The molecule has 0 aromatic heterocycles. The minimum absolute atomic E-state index is 0.0424. The number of hydrogen-bond donors (Lipinski definition) is 2. The molecule has 0 radical (unpaired) electrons. The topological polar surface area (TPSA) is 24.1 Å². The molecular weight excluding hydrogens is 180 g/mol. The van der Waals surface area contributed by atoms with Crippen LogP contribution in [0.1, 0.15) is 41.5 Å². The van der Waals surface area contributed by atoms with Crippen molar-refractivity contribution in [1.82, 2.24) is 10.6 Å². The maximum Gasteiger partial charge on any atom is 0.166 e. The Kier molecular flexibility index (Phi) is 4.68. The second-order valence-electron chi connectivity index (χ2n) is 4.88. The van der Waals surface area contributed by atoms with E-state index in [1.807, 2.05) is 0 Å². The Morgan fingerprint density at radius 2 is 1.62 bits per heavy atom. The fourth-order valence-corrected chi connectivity index (χ4v) is 1.24. The third-order valence-corrected chi connectivity index (χ3v) is 2.07. The molecule has 3 heteroatoms. The molecule has 13 heavy (non-hydrogen) atoms. The zero-order valence-corrected chi connectivity index (χ0v) is 10.4. The molecule has 0 spiro atoms. The first-order valence-electron chi connectivity index (χ1n) is 4.81. The molecule has 1 atom stereocenters. The summed E-state index contributed by atoms with van der Waals surface area (Å²) in [5.41, 5.74) is 0.0424. The van der Waals surface area contributed by atoms with E-state index >= 15 is 0 Å². The van der Waals surface area contributed by atoms with Gasteiger partial charge in [0.05, 0.1) is 0 Å². The minimum atomic E-state index is 0.0424. The first-order valence-corrected chi connectivity index (χ1v) is 5.22. The highest BCUT2D eigenvalue weighted by molar-refractivity contribution is 7.80. The van der Waals surface area contributed by atoms with E-state index in [-0.39, 0.29) is 5.54 Å². The van der Waals surface area contributed by atoms with Crippen LogP contribution in [0.15, 0.2) is 0 Å². The Hall–Kier alpha value is -0.310. The highest BCUT2D eigenvalue weighted by atomic mass is 32.1. The lowest BCUT2D eigenvalue weighted by atomic mass is 10.1. The molecule has 0 aliphatic rings. The molecule has 0 saturated carbocycles. The van der Waals surface area contributed by atoms with Gasteiger partial charge < -0.3 is 10.6 Å². The molecule has 0 aliphatic carbocycles. The number of rotatable bonds is 2. The predicted molar refractivity (Wildman–Crippen MR) is 62.9 cm³/mol. The zero-order chi connectivity index (χ0) is 10.6. The summed E-state index contributed by atoms with van der Waals surface area (Å²) in [6.45, 7) is 12.8. The van der Waals surface area contributed by atoms with E-state index in [2.05, 4.69) is 52.2 Å². The van der Waals surface area contributed by atoms with E-state index in [9.17, 15) is 0 Å². The Bertz CT molecular complexity index is 170. The van der Waals surface area contributed by atoms with Crippen LogP contribution < -0.4 is 10.6 Å². The summed E-state index contributed by atoms with van der Waals surface area (Å²) in [6, 6.07) is 0.419. The summed E-state index contributed by atoms with van der Waals surface area (Å²) in [7, 11) is 0. The molecule has 0 bridgehead atoms. The normalized spacial score (nSPS) is 14.1. The van der Waals surface area contributed by atoms with Gasteiger partial charge in [0, 0.05) is 11.6 Å². The summed E-state index contributed by atoms with van der Waals surface area (Å²) in [6.07, 6.45) is 0. The molecular formula is C10H22N2S. The smallest absolute Gasteiger partial charge is 0.166 e. The van der Waals surface area contributed by atoms with Crippen LogP contribution in [0.3, 0.4) is 0 Å². The van der Waals surface area contributed by atoms with Gasteiger partial charge >= 0.3 is 0 Å². The maximum atomic E-state index is 5.18. The van der Waals surface area contributed by atoms with E-state index in [4.69, 9.17) is 12.2 Å². The molecule has 0 fully saturated rings. The van der Waals surface area contributed by atoms with Gasteiger partial charge in [0.2, 0.25) is 0 Å². The van der Waals surface area contributed by atoms with E-state index in [0.717, 1.165) is 5.11 Å². The van der Waals surface area contributed by atoms with Crippen molar-refractivity contribution in [3.63, 3.8) is 0 Å². The van der Waals surface area contributed by atoms with Crippen molar-refractivity contribution in [2.45, 2.75) is 53.1 Å². The van der Waals surface area contributed by atoms with Crippen LogP contribution in [-0.2, 0) is 0 Å². The molecule has 1 unspecified atom stereocenters. The molecule has 0 aliphatic heterocycles. The van der Waals surface area contributed by atoms with Crippen LogP contribution >= 0.6 is 12.2 Å². The van der Waals surface area contributed by atoms with E-state index < -0.39 is 0 Å². The Balaban J connectivity index is 3.89. The molecule has 0 heterocycles. The Morgan fingerprint density at radius 1 is 1.15 bits per heavy atom. The van der Waals surface area contributed by atoms with Crippen LogP contribution in [0, 0.1) is 5.92 Å². The van der Waals surface area contributed by atoms with Crippen LogP contribution in [0.2, 0.25) is 0 Å². The first-order chi connectivity index (χ1) is 5.72. The molecule has 78 valence electrons. The lowest BCUT2D eigenvalue weighted by Gasteiger charge is -2.26. The number of nitrogens with one attached hydrogen (secondary N) is 2. The molecule has 0 aromatic carbocycles. The molecule has 0 amide bonds. The van der Waals surface area contributed by atoms with Gasteiger partial charge in [0.1, 0.15) is 0 Å². The van der Waals surface area contributed by atoms with Crippen LogP contribution in [0.25, 0.3) is 0 Å². The third kappa shape index (κ3) is 6.82. The van der Waals surface area contributed by atoms with Gasteiger partial charge in [-0.05, 0) is 45.8 Å². The highest BCUT2D eigenvalue weighted by Crippen LogP contribution is 2.01. The second-order valence-corrected chi connectivity index (χ2v) is 5.29. The van der Waals surface area contributed by atoms with E-state index in [0.29, 0.717) is 12.0 Å². The standard InChI is InChI=1S/C10H22N2S/c1-7(2)8(3)11-9(13)12-10(4,5)6/h7-8H,1-6H3,(H2,11,12,13). The molecule has 0 saturated heterocycles.